The Hall–Kier alpha value is -8.06. The fourth-order valence-electron chi connectivity index (χ4n) is 9.33. The van der Waals surface area contributed by atoms with Crippen molar-refractivity contribution in [2.75, 3.05) is 0 Å². The molecule has 0 unspecified atom stereocenters. The van der Waals surface area contributed by atoms with Crippen LogP contribution in [0.5, 0.6) is 0 Å². The molecule has 59 heavy (non-hydrogen) atoms. The molecule has 272 valence electrons. The highest BCUT2D eigenvalue weighted by Crippen LogP contribution is 2.41. The first-order valence-electron chi connectivity index (χ1n) is 20.0. The molecule has 3 nitrogen and oxygen atoms in total. The zero-order chi connectivity index (χ0) is 39.0. The molecule has 0 amide bonds. The van der Waals surface area contributed by atoms with E-state index >= 15 is 0 Å². The van der Waals surface area contributed by atoms with Crippen LogP contribution in [0.4, 0.5) is 0 Å². The van der Waals surface area contributed by atoms with Crippen LogP contribution in [-0.4, -0.2) is 9.55 Å². The topological polar surface area (TPSA) is 41.6 Å². The normalized spacial score (nSPS) is 11.7. The Kier molecular flexibility index (Phi) is 7.29. The summed E-state index contributed by atoms with van der Waals surface area (Å²) in [6.07, 6.45) is 1.87. The van der Waals surface area contributed by atoms with Gasteiger partial charge in [0.15, 0.2) is 0 Å². The largest absolute Gasteiger partial charge is 0.309 e. The summed E-state index contributed by atoms with van der Waals surface area (Å²) in [4.78, 5) is 4.68. The van der Waals surface area contributed by atoms with Crippen molar-refractivity contribution in [2.24, 2.45) is 0 Å². The molecule has 2 heterocycles. The molecule has 0 aliphatic carbocycles. The van der Waals surface area contributed by atoms with Crippen LogP contribution in [0.3, 0.4) is 0 Å². The maximum atomic E-state index is 9.69. The van der Waals surface area contributed by atoms with Gasteiger partial charge in [0.05, 0.1) is 28.2 Å². The number of pyridine rings is 1. The quantitative estimate of drug-likeness (QED) is 0.165. The summed E-state index contributed by atoms with van der Waals surface area (Å²) in [5.74, 6) is 0. The molecule has 0 aliphatic rings. The summed E-state index contributed by atoms with van der Waals surface area (Å²) in [7, 11) is 0. The van der Waals surface area contributed by atoms with Gasteiger partial charge < -0.3 is 4.57 Å². The summed E-state index contributed by atoms with van der Waals surface area (Å²) in [6.45, 7) is 0. The van der Waals surface area contributed by atoms with E-state index in [0.29, 0.717) is 5.56 Å². The predicted octanol–water partition coefficient (Wildman–Crippen LogP) is 14.8. The highest BCUT2D eigenvalue weighted by Gasteiger charge is 2.16. The minimum Gasteiger partial charge on any atom is -0.309 e. The van der Waals surface area contributed by atoms with E-state index in [2.05, 4.69) is 185 Å². The van der Waals surface area contributed by atoms with E-state index in [1.807, 2.05) is 30.5 Å². The summed E-state index contributed by atoms with van der Waals surface area (Å²) in [5.41, 5.74) is 14.4. The first-order valence-corrected chi connectivity index (χ1v) is 20.0. The third-order valence-electron chi connectivity index (χ3n) is 12.2. The first kappa shape index (κ1) is 33.1. The van der Waals surface area contributed by atoms with E-state index in [0.717, 1.165) is 49.7 Å². The Morgan fingerprint density at radius 3 is 1.53 bits per heavy atom. The molecule has 0 fully saturated rings. The van der Waals surface area contributed by atoms with Crippen LogP contribution in [0.2, 0.25) is 0 Å². The Balaban J connectivity index is 0.882. The van der Waals surface area contributed by atoms with Crippen LogP contribution in [0.15, 0.2) is 200 Å². The fraction of sp³-hybridized carbons (Fsp3) is 0. The molecule has 12 aromatic rings. The van der Waals surface area contributed by atoms with Gasteiger partial charge in [0.1, 0.15) is 0 Å². The molecular weight excluding hydrogens is 715 g/mol. The molecule has 0 saturated heterocycles. The van der Waals surface area contributed by atoms with Crippen LogP contribution in [0, 0.1) is 11.3 Å². The lowest BCUT2D eigenvalue weighted by Crippen LogP contribution is -1.93. The van der Waals surface area contributed by atoms with Crippen molar-refractivity contribution >= 4 is 65.0 Å². The number of benzene rings is 10. The summed E-state index contributed by atoms with van der Waals surface area (Å²) >= 11 is 0. The van der Waals surface area contributed by atoms with Gasteiger partial charge in [-0.05, 0) is 132 Å². The maximum absolute atomic E-state index is 9.69. The number of para-hydroxylation sites is 2. The van der Waals surface area contributed by atoms with Crippen LogP contribution < -0.4 is 0 Å². The van der Waals surface area contributed by atoms with Gasteiger partial charge in [-0.2, -0.15) is 5.26 Å². The number of nitriles is 1. The van der Waals surface area contributed by atoms with Crippen LogP contribution in [0.25, 0.3) is 115 Å². The molecule has 0 saturated carbocycles. The summed E-state index contributed by atoms with van der Waals surface area (Å²) in [6, 6.07) is 72.2. The number of rotatable bonds is 5. The summed E-state index contributed by atoms with van der Waals surface area (Å²) in [5, 5.41) is 20.8. The second kappa shape index (κ2) is 13.0. The van der Waals surface area contributed by atoms with Crippen molar-refractivity contribution in [1.82, 2.24) is 9.55 Å². The van der Waals surface area contributed by atoms with Gasteiger partial charge >= 0.3 is 0 Å². The van der Waals surface area contributed by atoms with Crippen molar-refractivity contribution in [3.05, 3.63) is 206 Å². The van der Waals surface area contributed by atoms with Gasteiger partial charge in [-0.1, -0.05) is 133 Å². The van der Waals surface area contributed by atoms with E-state index < -0.39 is 0 Å². The van der Waals surface area contributed by atoms with E-state index in [1.54, 1.807) is 0 Å². The Bertz CT molecular complexity index is 3570. The SMILES string of the molecule is N#Cc1ccc2c3ccc(-c4ccc(-c5cc6ccc7cc(-c8ccc(-c9cccc%10cccnc9%10)cc8)cc8ccc(c5)c6c78)cc4)cc3n(-c3ccccc3)c2c1. The Morgan fingerprint density at radius 1 is 0.390 bits per heavy atom. The minimum absolute atomic E-state index is 0.656. The number of hydrogen-bond donors (Lipinski definition) is 0. The van der Waals surface area contributed by atoms with E-state index in [-0.39, 0.29) is 0 Å². The molecule has 0 aliphatic heterocycles. The third-order valence-corrected chi connectivity index (χ3v) is 12.2. The molecule has 0 N–H and O–H groups in total. The lowest BCUT2D eigenvalue weighted by Gasteiger charge is -2.15. The predicted molar refractivity (Wildman–Crippen MR) is 246 cm³/mol. The van der Waals surface area contributed by atoms with Crippen LogP contribution >= 0.6 is 0 Å². The zero-order valence-electron chi connectivity index (χ0n) is 31.9. The molecule has 0 radical (unpaired) electrons. The van der Waals surface area contributed by atoms with E-state index in [1.165, 1.54) is 65.5 Å². The van der Waals surface area contributed by atoms with E-state index in [9.17, 15) is 5.26 Å². The number of hydrogen-bond acceptors (Lipinski definition) is 2. The minimum atomic E-state index is 0.656. The second-order valence-electron chi connectivity index (χ2n) is 15.5. The van der Waals surface area contributed by atoms with Gasteiger partial charge in [0, 0.05) is 33.6 Å². The average molecular weight is 748 g/mol. The van der Waals surface area contributed by atoms with Gasteiger partial charge in [-0.15, -0.1) is 0 Å². The molecule has 12 rings (SSSR count). The molecular formula is C56H33N3. The van der Waals surface area contributed by atoms with Crippen molar-refractivity contribution in [3.63, 3.8) is 0 Å². The molecule has 2 aromatic heterocycles. The standard InChI is InChI=1S/C56H33N3/c57-34-35-11-25-50-51-26-24-41(33-53(51)59(52(50)28-35)48-8-2-1-3-9-48)36-12-14-37(15-13-36)46-29-42-20-22-44-31-47(32-45-23-21-43(30-46)54(42)55(44)45)38-16-18-39(19-17-38)49-10-4-6-40-7-5-27-58-56(40)49/h1-33H. The molecule has 0 bridgehead atoms. The summed E-state index contributed by atoms with van der Waals surface area (Å²) < 4.78 is 2.27. The smallest absolute Gasteiger partial charge is 0.0992 e. The first-order chi connectivity index (χ1) is 29.2. The maximum Gasteiger partial charge on any atom is 0.0992 e. The average Bonchev–Trinajstić information content (AvgIpc) is 3.63. The fourth-order valence-corrected chi connectivity index (χ4v) is 9.33. The third kappa shape index (κ3) is 5.32. The van der Waals surface area contributed by atoms with Crippen LogP contribution in [-0.2, 0) is 0 Å². The van der Waals surface area contributed by atoms with Gasteiger partial charge in [0.2, 0.25) is 0 Å². The Labute approximate surface area is 340 Å². The van der Waals surface area contributed by atoms with Gasteiger partial charge in [-0.25, -0.2) is 0 Å². The number of fused-ring (bicyclic) bond motifs is 4. The van der Waals surface area contributed by atoms with E-state index in [4.69, 9.17) is 0 Å². The molecule has 0 atom stereocenters. The monoisotopic (exact) mass is 747 g/mol. The highest BCUT2D eigenvalue weighted by atomic mass is 15.0. The van der Waals surface area contributed by atoms with Crippen molar-refractivity contribution in [2.45, 2.75) is 0 Å². The van der Waals surface area contributed by atoms with Gasteiger partial charge in [-0.3, -0.25) is 4.98 Å². The van der Waals surface area contributed by atoms with Crippen LogP contribution in [0.1, 0.15) is 5.56 Å². The number of aromatic nitrogens is 2. The molecule has 3 heteroatoms. The lowest BCUT2D eigenvalue weighted by atomic mass is 9.89. The molecule has 0 spiro atoms. The molecule has 10 aromatic carbocycles. The Morgan fingerprint density at radius 2 is 0.915 bits per heavy atom. The van der Waals surface area contributed by atoms with Crippen molar-refractivity contribution in [1.29, 1.82) is 5.26 Å². The van der Waals surface area contributed by atoms with Gasteiger partial charge in [0.25, 0.3) is 0 Å². The van der Waals surface area contributed by atoms with Crippen molar-refractivity contribution < 1.29 is 0 Å². The second-order valence-corrected chi connectivity index (χ2v) is 15.5. The highest BCUT2D eigenvalue weighted by molar-refractivity contribution is 6.24. The zero-order valence-corrected chi connectivity index (χ0v) is 31.9. The van der Waals surface area contributed by atoms with Crippen molar-refractivity contribution in [3.8, 4) is 56.3 Å². The number of nitrogens with zero attached hydrogens (tertiary/aromatic N) is 3. The lowest BCUT2D eigenvalue weighted by molar-refractivity contribution is 1.18.